The van der Waals surface area contributed by atoms with Gasteiger partial charge in [0.1, 0.15) is 17.3 Å². The second-order valence-corrected chi connectivity index (χ2v) is 5.53. The number of fused-ring (bicyclic) bond motifs is 1. The van der Waals surface area contributed by atoms with E-state index in [1.807, 2.05) is 0 Å². The van der Waals surface area contributed by atoms with Crippen LogP contribution < -0.4 is 5.73 Å². The van der Waals surface area contributed by atoms with Gasteiger partial charge < -0.3 is 15.0 Å². The molecule has 20 heavy (non-hydrogen) atoms. The van der Waals surface area contributed by atoms with Crippen molar-refractivity contribution in [1.82, 2.24) is 9.55 Å². The van der Waals surface area contributed by atoms with Gasteiger partial charge in [0.2, 0.25) is 0 Å². The summed E-state index contributed by atoms with van der Waals surface area (Å²) in [6.45, 7) is 3.84. The maximum atomic E-state index is 6.29. The molecule has 0 radical (unpaired) electrons. The smallest absolute Gasteiger partial charge is 0.131 e. The molecule has 1 aromatic carbocycles. The Bertz CT molecular complexity index is 601. The highest BCUT2D eigenvalue weighted by Gasteiger charge is 2.23. The van der Waals surface area contributed by atoms with Gasteiger partial charge in [0.15, 0.2) is 0 Å². The van der Waals surface area contributed by atoms with Gasteiger partial charge in [-0.3, -0.25) is 0 Å². The van der Waals surface area contributed by atoms with Gasteiger partial charge >= 0.3 is 0 Å². The SMILES string of the molecule is COCc1ccc(-c2nc3n(c2N)CCCC3C)cc1. The summed E-state index contributed by atoms with van der Waals surface area (Å²) in [5.74, 6) is 2.42. The fourth-order valence-corrected chi connectivity index (χ4v) is 2.92. The van der Waals surface area contributed by atoms with Crippen LogP contribution in [0.1, 0.15) is 37.1 Å². The number of hydrogen-bond donors (Lipinski definition) is 1. The monoisotopic (exact) mass is 271 g/mol. The summed E-state index contributed by atoms with van der Waals surface area (Å²) in [4.78, 5) is 4.78. The number of aromatic nitrogens is 2. The van der Waals surface area contributed by atoms with E-state index in [9.17, 15) is 0 Å². The Hall–Kier alpha value is -1.81. The molecule has 1 atom stereocenters. The number of anilines is 1. The summed E-state index contributed by atoms with van der Waals surface area (Å²) in [6.07, 6.45) is 2.38. The minimum atomic E-state index is 0.493. The molecular formula is C16H21N3O. The van der Waals surface area contributed by atoms with E-state index < -0.39 is 0 Å². The van der Waals surface area contributed by atoms with Crippen molar-refractivity contribution in [2.24, 2.45) is 0 Å². The molecule has 0 aliphatic carbocycles. The molecule has 0 bridgehead atoms. The molecule has 3 rings (SSSR count). The van der Waals surface area contributed by atoms with Gasteiger partial charge in [0.05, 0.1) is 6.61 Å². The highest BCUT2D eigenvalue weighted by Crippen LogP contribution is 2.34. The summed E-state index contributed by atoms with van der Waals surface area (Å²) in [6, 6.07) is 8.29. The van der Waals surface area contributed by atoms with Crippen molar-refractivity contribution in [3.8, 4) is 11.3 Å². The van der Waals surface area contributed by atoms with Crippen LogP contribution in [0, 0.1) is 0 Å². The molecule has 0 saturated heterocycles. The van der Waals surface area contributed by atoms with E-state index in [2.05, 4.69) is 35.8 Å². The minimum absolute atomic E-state index is 0.493. The first-order chi connectivity index (χ1) is 9.70. The Morgan fingerprint density at radius 2 is 2.10 bits per heavy atom. The summed E-state index contributed by atoms with van der Waals surface area (Å²) >= 11 is 0. The molecule has 2 N–H and O–H groups in total. The molecule has 2 aromatic rings. The second kappa shape index (κ2) is 5.29. The highest BCUT2D eigenvalue weighted by atomic mass is 16.5. The summed E-state index contributed by atoms with van der Waals surface area (Å²) in [7, 11) is 1.71. The predicted molar refractivity (Wildman–Crippen MR) is 80.4 cm³/mol. The summed E-state index contributed by atoms with van der Waals surface area (Å²) in [5, 5.41) is 0. The lowest BCUT2D eigenvalue weighted by atomic mass is 10.0. The zero-order valence-corrected chi connectivity index (χ0v) is 12.1. The van der Waals surface area contributed by atoms with Crippen LogP contribution in [0.3, 0.4) is 0 Å². The lowest BCUT2D eigenvalue weighted by Crippen LogP contribution is -2.15. The Labute approximate surface area is 119 Å². The topological polar surface area (TPSA) is 53.1 Å². The van der Waals surface area contributed by atoms with E-state index in [0.717, 1.165) is 35.0 Å². The van der Waals surface area contributed by atoms with E-state index in [4.69, 9.17) is 15.5 Å². The van der Waals surface area contributed by atoms with Crippen LogP contribution in [0.4, 0.5) is 5.82 Å². The van der Waals surface area contributed by atoms with E-state index in [0.29, 0.717) is 12.5 Å². The fourth-order valence-electron chi connectivity index (χ4n) is 2.92. The maximum Gasteiger partial charge on any atom is 0.131 e. The third kappa shape index (κ3) is 2.20. The minimum Gasteiger partial charge on any atom is -0.383 e. The quantitative estimate of drug-likeness (QED) is 0.932. The van der Waals surface area contributed by atoms with Crippen molar-refractivity contribution in [1.29, 1.82) is 0 Å². The first-order valence-electron chi connectivity index (χ1n) is 7.15. The second-order valence-electron chi connectivity index (χ2n) is 5.53. The standard InChI is InChI=1S/C16H21N3O/c1-11-4-3-9-19-15(17)14(18-16(11)19)13-7-5-12(6-8-13)10-20-2/h5-8,11H,3-4,9-10,17H2,1-2H3. The van der Waals surface area contributed by atoms with Gasteiger partial charge in [-0.1, -0.05) is 31.2 Å². The van der Waals surface area contributed by atoms with Crippen molar-refractivity contribution in [3.05, 3.63) is 35.7 Å². The number of imidazole rings is 1. The van der Waals surface area contributed by atoms with Crippen LogP contribution in [-0.2, 0) is 17.9 Å². The molecule has 1 unspecified atom stereocenters. The lowest BCUT2D eigenvalue weighted by Gasteiger charge is -2.20. The van der Waals surface area contributed by atoms with Crippen molar-refractivity contribution < 1.29 is 4.74 Å². The van der Waals surface area contributed by atoms with E-state index >= 15 is 0 Å². The predicted octanol–water partition coefficient (Wildman–Crippen LogP) is 3.18. The van der Waals surface area contributed by atoms with E-state index in [-0.39, 0.29) is 0 Å². The molecular weight excluding hydrogens is 250 g/mol. The number of nitrogens with two attached hydrogens (primary N) is 1. The Balaban J connectivity index is 1.98. The fraction of sp³-hybridized carbons (Fsp3) is 0.438. The van der Waals surface area contributed by atoms with Gasteiger partial charge in [0, 0.05) is 25.1 Å². The van der Waals surface area contributed by atoms with Crippen molar-refractivity contribution in [2.75, 3.05) is 12.8 Å². The average molecular weight is 271 g/mol. The van der Waals surface area contributed by atoms with Gasteiger partial charge in [-0.05, 0) is 18.4 Å². The van der Waals surface area contributed by atoms with Gasteiger partial charge in [0.25, 0.3) is 0 Å². The number of rotatable bonds is 3. The van der Waals surface area contributed by atoms with E-state index in [1.54, 1.807) is 7.11 Å². The van der Waals surface area contributed by atoms with Gasteiger partial charge in [-0.15, -0.1) is 0 Å². The first kappa shape index (κ1) is 13.2. The average Bonchev–Trinajstić information content (AvgIpc) is 2.79. The van der Waals surface area contributed by atoms with Crippen molar-refractivity contribution in [3.63, 3.8) is 0 Å². The lowest BCUT2D eigenvalue weighted by molar-refractivity contribution is 0.185. The number of ether oxygens (including phenoxy) is 1. The van der Waals surface area contributed by atoms with Gasteiger partial charge in [-0.2, -0.15) is 0 Å². The third-order valence-electron chi connectivity index (χ3n) is 4.03. The molecule has 4 heteroatoms. The highest BCUT2D eigenvalue weighted by molar-refractivity contribution is 5.71. The van der Waals surface area contributed by atoms with Gasteiger partial charge in [-0.25, -0.2) is 4.98 Å². The first-order valence-corrected chi connectivity index (χ1v) is 7.15. The largest absolute Gasteiger partial charge is 0.383 e. The Morgan fingerprint density at radius 3 is 2.75 bits per heavy atom. The zero-order valence-electron chi connectivity index (χ0n) is 12.1. The van der Waals surface area contributed by atoms with E-state index in [1.165, 1.54) is 12.8 Å². The van der Waals surface area contributed by atoms with Crippen LogP contribution >= 0.6 is 0 Å². The molecule has 0 spiro atoms. The number of nitrogen functional groups attached to an aromatic ring is 1. The van der Waals surface area contributed by atoms with Crippen molar-refractivity contribution >= 4 is 5.82 Å². The molecule has 1 aliphatic heterocycles. The Kier molecular flexibility index (Phi) is 3.49. The van der Waals surface area contributed by atoms with Crippen LogP contribution in [0.5, 0.6) is 0 Å². The number of methoxy groups -OCH3 is 1. The molecule has 106 valence electrons. The normalized spacial score (nSPS) is 18.0. The third-order valence-corrected chi connectivity index (χ3v) is 4.03. The molecule has 4 nitrogen and oxygen atoms in total. The molecule has 0 fully saturated rings. The number of hydrogen-bond acceptors (Lipinski definition) is 3. The molecule has 2 heterocycles. The molecule has 0 amide bonds. The maximum absolute atomic E-state index is 6.29. The van der Waals surface area contributed by atoms with Crippen LogP contribution in [0.25, 0.3) is 11.3 Å². The number of nitrogens with zero attached hydrogens (tertiary/aromatic N) is 2. The molecule has 1 aromatic heterocycles. The van der Waals surface area contributed by atoms with Crippen LogP contribution in [-0.4, -0.2) is 16.7 Å². The molecule has 0 saturated carbocycles. The zero-order chi connectivity index (χ0) is 14.1. The summed E-state index contributed by atoms with van der Waals surface area (Å²) in [5.41, 5.74) is 9.44. The number of benzene rings is 1. The van der Waals surface area contributed by atoms with Crippen LogP contribution in [0.15, 0.2) is 24.3 Å². The summed E-state index contributed by atoms with van der Waals surface area (Å²) < 4.78 is 7.31. The molecule has 1 aliphatic rings. The van der Waals surface area contributed by atoms with Crippen molar-refractivity contribution in [2.45, 2.75) is 38.8 Å². The van der Waals surface area contributed by atoms with Crippen LogP contribution in [0.2, 0.25) is 0 Å². The Morgan fingerprint density at radius 1 is 1.35 bits per heavy atom.